The van der Waals surface area contributed by atoms with Gasteiger partial charge in [-0.05, 0) is 42.0 Å². The van der Waals surface area contributed by atoms with E-state index in [1.165, 1.54) is 0 Å². The van der Waals surface area contributed by atoms with E-state index in [0.29, 0.717) is 12.2 Å². The summed E-state index contributed by atoms with van der Waals surface area (Å²) in [4.78, 5) is 29.0. The number of nitrogens with one attached hydrogen (secondary N) is 1. The van der Waals surface area contributed by atoms with E-state index in [1.54, 1.807) is 18.1 Å². The summed E-state index contributed by atoms with van der Waals surface area (Å²) in [6.45, 7) is 0.723. The van der Waals surface area contributed by atoms with Crippen molar-refractivity contribution in [3.8, 4) is 5.75 Å². The fraction of sp³-hybridized carbons (Fsp3) is 0.167. The molecular weight excluding hydrogens is 378 g/mol. The van der Waals surface area contributed by atoms with E-state index in [0.717, 1.165) is 22.7 Å². The molecule has 0 aromatic heterocycles. The molecule has 3 aromatic carbocycles. The van der Waals surface area contributed by atoms with E-state index >= 15 is 0 Å². The summed E-state index contributed by atoms with van der Waals surface area (Å²) >= 11 is 0. The SMILES string of the molecule is COc1ccc(N(CC(=O)N2CC(=O)Nc3ccccc32)Cc2ccccc2)cc1. The minimum atomic E-state index is -0.193. The normalized spacial score (nSPS) is 12.7. The van der Waals surface area contributed by atoms with Crippen LogP contribution in [-0.4, -0.2) is 32.0 Å². The summed E-state index contributed by atoms with van der Waals surface area (Å²) < 4.78 is 5.26. The first-order chi connectivity index (χ1) is 14.6. The van der Waals surface area contributed by atoms with Crippen molar-refractivity contribution in [1.29, 1.82) is 0 Å². The van der Waals surface area contributed by atoms with Gasteiger partial charge in [0, 0.05) is 12.2 Å². The van der Waals surface area contributed by atoms with Crippen molar-refractivity contribution in [1.82, 2.24) is 0 Å². The van der Waals surface area contributed by atoms with Crippen molar-refractivity contribution in [3.05, 3.63) is 84.4 Å². The predicted octanol–water partition coefficient (Wildman–Crippen LogP) is 3.69. The van der Waals surface area contributed by atoms with Crippen LogP contribution in [0.2, 0.25) is 0 Å². The Labute approximate surface area is 175 Å². The van der Waals surface area contributed by atoms with Gasteiger partial charge in [-0.2, -0.15) is 0 Å². The van der Waals surface area contributed by atoms with Gasteiger partial charge in [0.05, 0.1) is 25.0 Å². The monoisotopic (exact) mass is 401 g/mol. The fourth-order valence-corrected chi connectivity index (χ4v) is 3.54. The number of ether oxygens (including phenoxy) is 1. The average molecular weight is 401 g/mol. The number of carbonyl (C=O) groups excluding carboxylic acids is 2. The van der Waals surface area contributed by atoms with Crippen molar-refractivity contribution in [2.75, 3.05) is 35.3 Å². The molecule has 2 amide bonds. The molecule has 1 heterocycles. The summed E-state index contributed by atoms with van der Waals surface area (Å²) in [6, 6.07) is 25.0. The Balaban J connectivity index is 1.61. The van der Waals surface area contributed by atoms with Crippen LogP contribution in [0.5, 0.6) is 5.75 Å². The molecule has 0 saturated carbocycles. The van der Waals surface area contributed by atoms with Gasteiger partial charge in [-0.3, -0.25) is 14.5 Å². The highest BCUT2D eigenvalue weighted by molar-refractivity contribution is 6.10. The maximum absolute atomic E-state index is 13.3. The maximum Gasteiger partial charge on any atom is 0.247 e. The quantitative estimate of drug-likeness (QED) is 0.684. The number of rotatable bonds is 6. The molecular formula is C24H23N3O3. The highest BCUT2D eigenvalue weighted by atomic mass is 16.5. The lowest BCUT2D eigenvalue weighted by Gasteiger charge is -2.32. The molecule has 0 spiro atoms. The van der Waals surface area contributed by atoms with Gasteiger partial charge in [0.15, 0.2) is 0 Å². The van der Waals surface area contributed by atoms with Crippen LogP contribution in [0, 0.1) is 0 Å². The number of carbonyl (C=O) groups is 2. The summed E-state index contributed by atoms with van der Waals surface area (Å²) in [5, 5.41) is 2.82. The first-order valence-corrected chi connectivity index (χ1v) is 9.76. The number of fused-ring (bicyclic) bond motifs is 1. The third-order valence-electron chi connectivity index (χ3n) is 5.05. The van der Waals surface area contributed by atoms with Crippen LogP contribution in [0.3, 0.4) is 0 Å². The van der Waals surface area contributed by atoms with Gasteiger partial charge < -0.3 is 15.0 Å². The minimum absolute atomic E-state index is 0.0115. The molecule has 0 aliphatic carbocycles. The number of hydrogen-bond acceptors (Lipinski definition) is 4. The van der Waals surface area contributed by atoms with E-state index in [9.17, 15) is 9.59 Å². The van der Waals surface area contributed by atoms with Gasteiger partial charge in [0.2, 0.25) is 11.8 Å². The molecule has 1 aliphatic rings. The minimum Gasteiger partial charge on any atom is -0.497 e. The Hall–Kier alpha value is -3.80. The molecule has 4 rings (SSSR count). The van der Waals surface area contributed by atoms with Crippen LogP contribution in [0.1, 0.15) is 5.56 Å². The summed E-state index contributed by atoms with van der Waals surface area (Å²) in [7, 11) is 1.62. The molecule has 0 bridgehead atoms. The molecule has 0 saturated heterocycles. The number of anilines is 3. The second-order valence-electron chi connectivity index (χ2n) is 7.08. The molecule has 6 heteroatoms. The standard InChI is InChI=1S/C24H23N3O3/c1-30-20-13-11-19(12-14-20)26(15-18-7-3-2-4-8-18)17-24(29)27-16-23(28)25-21-9-5-6-10-22(21)27/h2-14H,15-17H2,1H3,(H,25,28). The Bertz CT molecular complexity index is 1040. The third-order valence-corrected chi connectivity index (χ3v) is 5.05. The van der Waals surface area contributed by atoms with E-state index < -0.39 is 0 Å². The van der Waals surface area contributed by atoms with E-state index in [4.69, 9.17) is 4.74 Å². The Morgan fingerprint density at radius 3 is 2.43 bits per heavy atom. The van der Waals surface area contributed by atoms with E-state index in [2.05, 4.69) is 5.32 Å². The molecule has 6 nitrogen and oxygen atoms in total. The first-order valence-electron chi connectivity index (χ1n) is 9.76. The molecule has 152 valence electrons. The van der Waals surface area contributed by atoms with Gasteiger partial charge in [-0.25, -0.2) is 0 Å². The summed E-state index contributed by atoms with van der Waals surface area (Å²) in [6.07, 6.45) is 0. The largest absolute Gasteiger partial charge is 0.497 e. The first kappa shape index (κ1) is 19.5. The Morgan fingerprint density at radius 1 is 1.00 bits per heavy atom. The summed E-state index contributed by atoms with van der Waals surface area (Å²) in [5.74, 6) is 0.427. The van der Waals surface area contributed by atoms with Crippen LogP contribution >= 0.6 is 0 Å². The summed E-state index contributed by atoms with van der Waals surface area (Å²) in [5.41, 5.74) is 3.37. The van der Waals surface area contributed by atoms with Crippen LogP contribution in [0.15, 0.2) is 78.9 Å². The zero-order valence-corrected chi connectivity index (χ0v) is 16.7. The second-order valence-corrected chi connectivity index (χ2v) is 7.08. The number of hydrogen-bond donors (Lipinski definition) is 1. The van der Waals surface area contributed by atoms with E-state index in [1.807, 2.05) is 77.7 Å². The molecule has 1 N–H and O–H groups in total. The Morgan fingerprint density at radius 2 is 1.70 bits per heavy atom. The van der Waals surface area contributed by atoms with Gasteiger partial charge >= 0.3 is 0 Å². The molecule has 0 fully saturated rings. The van der Waals surface area contributed by atoms with Crippen molar-refractivity contribution in [2.45, 2.75) is 6.54 Å². The predicted molar refractivity (Wildman–Crippen MR) is 118 cm³/mol. The van der Waals surface area contributed by atoms with Crippen LogP contribution in [0.25, 0.3) is 0 Å². The second kappa shape index (κ2) is 8.69. The zero-order valence-electron chi connectivity index (χ0n) is 16.7. The average Bonchev–Trinajstić information content (AvgIpc) is 2.78. The van der Waals surface area contributed by atoms with Crippen molar-refractivity contribution >= 4 is 28.9 Å². The number of amides is 2. The van der Waals surface area contributed by atoms with Crippen LogP contribution in [-0.2, 0) is 16.1 Å². The molecule has 1 aliphatic heterocycles. The van der Waals surface area contributed by atoms with Crippen LogP contribution in [0.4, 0.5) is 17.1 Å². The smallest absolute Gasteiger partial charge is 0.247 e. The van der Waals surface area contributed by atoms with E-state index in [-0.39, 0.29) is 24.9 Å². The number of methoxy groups -OCH3 is 1. The van der Waals surface area contributed by atoms with Crippen LogP contribution < -0.4 is 19.9 Å². The lowest BCUT2D eigenvalue weighted by atomic mass is 10.1. The van der Waals surface area contributed by atoms with Gasteiger partial charge in [0.25, 0.3) is 0 Å². The third kappa shape index (κ3) is 4.27. The fourth-order valence-electron chi connectivity index (χ4n) is 3.54. The molecule has 30 heavy (non-hydrogen) atoms. The molecule has 0 radical (unpaired) electrons. The topological polar surface area (TPSA) is 61.9 Å². The molecule has 0 atom stereocenters. The number of para-hydroxylation sites is 2. The van der Waals surface area contributed by atoms with Gasteiger partial charge in [-0.15, -0.1) is 0 Å². The van der Waals surface area contributed by atoms with Gasteiger partial charge in [0.1, 0.15) is 12.3 Å². The number of nitrogens with zero attached hydrogens (tertiary/aromatic N) is 2. The molecule has 3 aromatic rings. The van der Waals surface area contributed by atoms with Crippen molar-refractivity contribution in [3.63, 3.8) is 0 Å². The van der Waals surface area contributed by atoms with Crippen molar-refractivity contribution in [2.24, 2.45) is 0 Å². The zero-order chi connectivity index (χ0) is 20.9. The van der Waals surface area contributed by atoms with Crippen molar-refractivity contribution < 1.29 is 14.3 Å². The highest BCUT2D eigenvalue weighted by Gasteiger charge is 2.27. The Kier molecular flexibility index (Phi) is 5.66. The lowest BCUT2D eigenvalue weighted by Crippen LogP contribution is -2.46. The highest BCUT2D eigenvalue weighted by Crippen LogP contribution is 2.29. The lowest BCUT2D eigenvalue weighted by molar-refractivity contribution is -0.121. The van der Waals surface area contributed by atoms with Gasteiger partial charge in [-0.1, -0.05) is 42.5 Å². The molecule has 0 unspecified atom stereocenters. The number of benzene rings is 3. The maximum atomic E-state index is 13.3.